The van der Waals surface area contributed by atoms with Crippen LogP contribution >= 0.6 is 11.6 Å². The molecule has 1 aliphatic rings. The van der Waals surface area contributed by atoms with Crippen LogP contribution in [0.25, 0.3) is 0 Å². The number of carbonyl (C=O) groups is 2. The van der Waals surface area contributed by atoms with Gasteiger partial charge in [0.15, 0.2) is 0 Å². The van der Waals surface area contributed by atoms with Crippen LogP contribution in [-0.2, 0) is 11.2 Å². The lowest BCUT2D eigenvalue weighted by Gasteiger charge is -2.28. The monoisotopic (exact) mass is 441 g/mol. The molecule has 0 saturated carbocycles. The van der Waals surface area contributed by atoms with E-state index in [1.807, 2.05) is 36.4 Å². The first-order chi connectivity index (χ1) is 14.9. The average molecular weight is 442 g/mol. The number of H-pyrrole nitrogens is 1. The highest BCUT2D eigenvalue weighted by Gasteiger charge is 2.34. The Morgan fingerprint density at radius 3 is 2.35 bits per heavy atom. The van der Waals surface area contributed by atoms with E-state index in [0.717, 1.165) is 0 Å². The van der Waals surface area contributed by atoms with E-state index in [0.29, 0.717) is 24.0 Å². The van der Waals surface area contributed by atoms with E-state index in [1.165, 1.54) is 29.3 Å². The highest BCUT2D eigenvalue weighted by atomic mass is 35.5. The summed E-state index contributed by atoms with van der Waals surface area (Å²) < 4.78 is 14.1. The predicted octanol–water partition coefficient (Wildman–Crippen LogP) is 3.47. The number of nitrogens with zero attached hydrogens (tertiary/aromatic N) is 1. The Labute approximate surface area is 183 Å². The van der Waals surface area contributed by atoms with Crippen molar-refractivity contribution >= 4 is 23.4 Å². The zero-order valence-corrected chi connectivity index (χ0v) is 17.3. The summed E-state index contributed by atoms with van der Waals surface area (Å²) in [6.45, 7) is -0.384. The molecule has 0 bridgehead atoms. The third-order valence-electron chi connectivity index (χ3n) is 4.90. The highest BCUT2D eigenvalue weighted by molar-refractivity contribution is 6.30. The van der Waals surface area contributed by atoms with Crippen LogP contribution in [0, 0.1) is 5.82 Å². The van der Waals surface area contributed by atoms with Crippen LogP contribution in [0.2, 0.25) is 5.02 Å². The Bertz CT molecular complexity index is 1110. The molecule has 0 saturated heterocycles. The molecule has 0 fully saturated rings. The number of nitrogens with one attached hydrogen (secondary N) is 1. The zero-order valence-electron chi connectivity index (χ0n) is 16.6. The Balaban J connectivity index is 0.000000391. The SMILES string of the molecule is NC(=O)CN(C(=O)c1ccc[nH]c1=O)[C@@H]1CCc2c(F)cc(Cl)cc21.c1ccccc1. The quantitative estimate of drug-likeness (QED) is 0.648. The van der Waals surface area contributed by atoms with Crippen LogP contribution in [0.4, 0.5) is 4.39 Å². The first-order valence-electron chi connectivity index (χ1n) is 9.63. The summed E-state index contributed by atoms with van der Waals surface area (Å²) in [5, 5.41) is 0.201. The largest absolute Gasteiger partial charge is 0.368 e. The number of hydrogen-bond donors (Lipinski definition) is 2. The molecule has 2 aromatic carbocycles. The molecule has 8 heteroatoms. The molecule has 31 heavy (non-hydrogen) atoms. The number of carbonyl (C=O) groups excluding carboxylic acids is 2. The van der Waals surface area contributed by atoms with Gasteiger partial charge in [0.2, 0.25) is 5.91 Å². The van der Waals surface area contributed by atoms with Crippen LogP contribution in [0.5, 0.6) is 0 Å². The number of fused-ring (bicyclic) bond motifs is 1. The summed E-state index contributed by atoms with van der Waals surface area (Å²) in [5.41, 5.74) is 5.58. The van der Waals surface area contributed by atoms with Crippen molar-refractivity contribution in [3.8, 4) is 0 Å². The molecule has 0 radical (unpaired) electrons. The predicted molar refractivity (Wildman–Crippen MR) is 116 cm³/mol. The number of halogens is 2. The molecule has 1 aromatic heterocycles. The van der Waals surface area contributed by atoms with Gasteiger partial charge in [-0.15, -0.1) is 0 Å². The number of primary amides is 1. The minimum Gasteiger partial charge on any atom is -0.368 e. The van der Waals surface area contributed by atoms with E-state index >= 15 is 0 Å². The number of aromatic nitrogens is 1. The second-order valence-corrected chi connectivity index (χ2v) is 7.41. The number of rotatable bonds is 4. The Kier molecular flexibility index (Phi) is 7.20. The van der Waals surface area contributed by atoms with Crippen molar-refractivity contribution in [2.24, 2.45) is 5.73 Å². The maximum absolute atomic E-state index is 14.1. The molecule has 1 heterocycles. The molecule has 0 aliphatic heterocycles. The van der Waals surface area contributed by atoms with Crippen molar-refractivity contribution in [1.82, 2.24) is 9.88 Å². The van der Waals surface area contributed by atoms with Crippen LogP contribution in [0.1, 0.15) is 33.9 Å². The van der Waals surface area contributed by atoms with Crippen LogP contribution < -0.4 is 11.3 Å². The maximum atomic E-state index is 14.1. The van der Waals surface area contributed by atoms with Crippen LogP contribution in [-0.4, -0.2) is 28.2 Å². The first-order valence-corrected chi connectivity index (χ1v) is 10.0. The van der Waals surface area contributed by atoms with Crippen molar-refractivity contribution in [2.75, 3.05) is 6.54 Å². The third kappa shape index (κ3) is 5.38. The van der Waals surface area contributed by atoms with E-state index in [1.54, 1.807) is 6.07 Å². The van der Waals surface area contributed by atoms with Gasteiger partial charge in [-0.3, -0.25) is 14.4 Å². The van der Waals surface area contributed by atoms with E-state index in [-0.39, 0.29) is 17.1 Å². The lowest BCUT2D eigenvalue weighted by atomic mass is 10.1. The lowest BCUT2D eigenvalue weighted by molar-refractivity contribution is -0.119. The zero-order chi connectivity index (χ0) is 22.4. The van der Waals surface area contributed by atoms with Gasteiger partial charge in [-0.1, -0.05) is 48.0 Å². The molecule has 3 aromatic rings. The smallest absolute Gasteiger partial charge is 0.260 e. The summed E-state index contributed by atoms with van der Waals surface area (Å²) in [6.07, 6.45) is 2.21. The van der Waals surface area contributed by atoms with Gasteiger partial charge in [0.1, 0.15) is 17.9 Å². The summed E-state index contributed by atoms with van der Waals surface area (Å²) in [6, 6.07) is 17.1. The van der Waals surface area contributed by atoms with Crippen molar-refractivity contribution < 1.29 is 14.0 Å². The summed E-state index contributed by atoms with van der Waals surface area (Å²) >= 11 is 5.94. The Morgan fingerprint density at radius 2 is 1.77 bits per heavy atom. The molecule has 4 rings (SSSR count). The molecular formula is C23H21ClFN3O3. The van der Waals surface area contributed by atoms with Gasteiger partial charge in [0.25, 0.3) is 11.5 Å². The van der Waals surface area contributed by atoms with Crippen molar-refractivity contribution in [3.05, 3.63) is 105 Å². The average Bonchev–Trinajstić information content (AvgIpc) is 3.17. The van der Waals surface area contributed by atoms with Crippen LogP contribution in [0.15, 0.2) is 71.7 Å². The molecule has 2 amide bonds. The third-order valence-corrected chi connectivity index (χ3v) is 5.12. The Morgan fingerprint density at radius 1 is 1.13 bits per heavy atom. The number of amides is 2. The van der Waals surface area contributed by atoms with Crippen LogP contribution in [0.3, 0.4) is 0 Å². The number of aromatic amines is 1. The number of nitrogens with two attached hydrogens (primary N) is 1. The fraction of sp³-hybridized carbons (Fsp3) is 0.174. The summed E-state index contributed by atoms with van der Waals surface area (Å²) in [4.78, 5) is 39.9. The molecule has 1 atom stereocenters. The first kappa shape index (κ1) is 22.2. The van der Waals surface area contributed by atoms with E-state index < -0.39 is 29.2 Å². The minimum absolute atomic E-state index is 0.111. The van der Waals surface area contributed by atoms with Crippen molar-refractivity contribution in [2.45, 2.75) is 18.9 Å². The van der Waals surface area contributed by atoms with Gasteiger partial charge >= 0.3 is 0 Å². The normalized spacial score (nSPS) is 14.2. The number of benzene rings is 2. The van der Waals surface area contributed by atoms with Gasteiger partial charge in [0, 0.05) is 11.2 Å². The highest BCUT2D eigenvalue weighted by Crippen LogP contribution is 2.39. The van der Waals surface area contributed by atoms with E-state index in [9.17, 15) is 18.8 Å². The second kappa shape index (κ2) is 10.0. The fourth-order valence-electron chi connectivity index (χ4n) is 3.57. The standard InChI is InChI=1S/C17H15ClFN3O3.C6H6/c18-9-6-12-10(13(19)7-9)3-4-14(12)22(8-15(20)23)17(25)11-2-1-5-21-16(11)24;1-2-4-6-5-3-1/h1-2,5-7,14H,3-4,8H2,(H2,20,23)(H,21,24);1-6H/t14-;/m1./s1. The molecular weight excluding hydrogens is 421 g/mol. The van der Waals surface area contributed by atoms with Gasteiger partial charge in [-0.2, -0.15) is 0 Å². The van der Waals surface area contributed by atoms with E-state index in [2.05, 4.69) is 4.98 Å². The lowest BCUT2D eigenvalue weighted by Crippen LogP contribution is -2.42. The molecule has 1 aliphatic carbocycles. The van der Waals surface area contributed by atoms with Gasteiger partial charge in [-0.05, 0) is 48.2 Å². The molecule has 0 spiro atoms. The second-order valence-electron chi connectivity index (χ2n) is 6.98. The van der Waals surface area contributed by atoms with Gasteiger partial charge in [-0.25, -0.2) is 4.39 Å². The number of hydrogen-bond acceptors (Lipinski definition) is 3. The van der Waals surface area contributed by atoms with Crippen molar-refractivity contribution in [3.63, 3.8) is 0 Å². The molecule has 160 valence electrons. The summed E-state index contributed by atoms with van der Waals surface area (Å²) in [5.74, 6) is -1.82. The van der Waals surface area contributed by atoms with Gasteiger partial charge < -0.3 is 15.6 Å². The minimum atomic E-state index is -0.725. The maximum Gasteiger partial charge on any atom is 0.260 e. The summed E-state index contributed by atoms with van der Waals surface area (Å²) in [7, 11) is 0. The van der Waals surface area contributed by atoms with Crippen molar-refractivity contribution in [1.29, 1.82) is 0 Å². The van der Waals surface area contributed by atoms with E-state index in [4.69, 9.17) is 17.3 Å². The molecule has 3 N–H and O–H groups in total. The van der Waals surface area contributed by atoms with Gasteiger partial charge in [0.05, 0.1) is 6.04 Å². The topological polar surface area (TPSA) is 96.3 Å². The molecule has 6 nitrogen and oxygen atoms in total. The Hall–Kier alpha value is -3.45. The fourth-order valence-corrected chi connectivity index (χ4v) is 3.78. The molecule has 0 unspecified atom stereocenters. The number of pyridine rings is 1.